The van der Waals surface area contributed by atoms with Crippen LogP contribution in [-0.2, 0) is 6.18 Å². The molecule has 2 rings (SSSR count). The van der Waals surface area contributed by atoms with Gasteiger partial charge in [-0.15, -0.1) is 0 Å². The van der Waals surface area contributed by atoms with E-state index < -0.39 is 11.9 Å². The van der Waals surface area contributed by atoms with Crippen LogP contribution in [0.5, 0.6) is 0 Å². The Morgan fingerprint density at radius 2 is 2.05 bits per heavy atom. The Labute approximate surface area is 124 Å². The summed E-state index contributed by atoms with van der Waals surface area (Å²) in [7, 11) is 0. The predicted molar refractivity (Wildman–Crippen MR) is 79.3 cm³/mol. The van der Waals surface area contributed by atoms with Crippen molar-refractivity contribution in [1.29, 1.82) is 0 Å². The molecule has 8 heteroatoms. The Morgan fingerprint density at radius 3 is 2.70 bits per heavy atom. The van der Waals surface area contributed by atoms with Gasteiger partial charge in [-0.05, 0) is 24.3 Å². The van der Waals surface area contributed by atoms with Crippen LogP contribution in [0.4, 0.5) is 19.0 Å². The molecule has 1 saturated heterocycles. The van der Waals surface area contributed by atoms with Gasteiger partial charge >= 0.3 is 6.18 Å². The average Bonchev–Trinajstić information content (AvgIpc) is 2.65. The van der Waals surface area contributed by atoms with E-state index in [0.717, 1.165) is 24.0 Å². The van der Waals surface area contributed by atoms with E-state index in [-0.39, 0.29) is 10.8 Å². The molecule has 1 aromatic rings. The van der Waals surface area contributed by atoms with E-state index in [1.165, 1.54) is 6.07 Å². The quantitative estimate of drug-likeness (QED) is 0.848. The number of rotatable bonds is 2. The number of alkyl halides is 3. The molecule has 3 nitrogen and oxygen atoms in total. The second kappa shape index (κ2) is 6.17. The zero-order valence-electron chi connectivity index (χ0n) is 10.6. The molecular weight excluding hydrogens is 307 g/mol. The van der Waals surface area contributed by atoms with Crippen LogP contribution in [0.25, 0.3) is 0 Å². The minimum absolute atomic E-state index is 0.0677. The summed E-state index contributed by atoms with van der Waals surface area (Å²) in [5, 5.41) is 0. The van der Waals surface area contributed by atoms with E-state index in [9.17, 15) is 13.2 Å². The summed E-state index contributed by atoms with van der Waals surface area (Å²) in [4.78, 5) is 5.66. The molecular formula is C12H14F3N3S2. The second-order valence-electron chi connectivity index (χ2n) is 4.38. The number of aromatic nitrogens is 1. The molecule has 20 heavy (non-hydrogen) atoms. The maximum Gasteiger partial charge on any atom is 0.433 e. The first-order chi connectivity index (χ1) is 9.39. The van der Waals surface area contributed by atoms with Crippen LogP contribution in [0.3, 0.4) is 0 Å². The largest absolute Gasteiger partial charge is 0.433 e. The van der Waals surface area contributed by atoms with E-state index in [4.69, 9.17) is 18.0 Å². The Balaban J connectivity index is 2.43. The highest BCUT2D eigenvalue weighted by Crippen LogP contribution is 2.31. The predicted octanol–water partition coefficient (Wildman–Crippen LogP) is 2.68. The average molecular weight is 321 g/mol. The molecule has 0 amide bonds. The summed E-state index contributed by atoms with van der Waals surface area (Å²) >= 11 is 6.70. The standard InChI is InChI=1S/C12H14F3N3S2/c13-12(14,15)9-3-2-8(10(16)19)11(17-9)18-4-1-6-20-7-5-18/h2-3H,1,4-7H2,(H2,16,19). The normalized spacial score (nSPS) is 16.9. The molecule has 0 spiro atoms. The molecule has 2 N–H and O–H groups in total. The number of anilines is 1. The first-order valence-electron chi connectivity index (χ1n) is 6.10. The van der Waals surface area contributed by atoms with Gasteiger partial charge in [-0.3, -0.25) is 0 Å². The zero-order valence-corrected chi connectivity index (χ0v) is 12.2. The van der Waals surface area contributed by atoms with Gasteiger partial charge in [-0.2, -0.15) is 24.9 Å². The molecule has 110 valence electrons. The van der Waals surface area contributed by atoms with Crippen molar-refractivity contribution in [2.75, 3.05) is 29.5 Å². The van der Waals surface area contributed by atoms with E-state index in [1.54, 1.807) is 11.8 Å². The molecule has 1 aliphatic heterocycles. The number of hydrogen-bond donors (Lipinski definition) is 1. The summed E-state index contributed by atoms with van der Waals surface area (Å²) < 4.78 is 38.4. The summed E-state index contributed by atoms with van der Waals surface area (Å²) in [6, 6.07) is 2.23. The molecule has 1 fully saturated rings. The number of nitrogens with zero attached hydrogens (tertiary/aromatic N) is 2. The second-order valence-corrected chi connectivity index (χ2v) is 6.05. The monoisotopic (exact) mass is 321 g/mol. The van der Waals surface area contributed by atoms with Gasteiger partial charge < -0.3 is 10.6 Å². The van der Waals surface area contributed by atoms with Crippen LogP contribution in [0.15, 0.2) is 12.1 Å². The zero-order chi connectivity index (χ0) is 14.8. The van der Waals surface area contributed by atoms with Crippen molar-refractivity contribution < 1.29 is 13.2 Å². The molecule has 1 aromatic heterocycles. The first kappa shape index (κ1) is 15.4. The van der Waals surface area contributed by atoms with E-state index in [0.29, 0.717) is 18.7 Å². The third-order valence-electron chi connectivity index (χ3n) is 2.95. The van der Waals surface area contributed by atoms with E-state index in [2.05, 4.69) is 4.98 Å². The van der Waals surface area contributed by atoms with Gasteiger partial charge in [0.2, 0.25) is 0 Å². The molecule has 0 radical (unpaired) electrons. The third-order valence-corrected chi connectivity index (χ3v) is 4.22. The van der Waals surface area contributed by atoms with Crippen LogP contribution in [-0.4, -0.2) is 34.6 Å². The van der Waals surface area contributed by atoms with Gasteiger partial charge in [0.1, 0.15) is 16.5 Å². The van der Waals surface area contributed by atoms with Crippen molar-refractivity contribution in [3.63, 3.8) is 0 Å². The number of nitrogens with two attached hydrogens (primary N) is 1. The van der Waals surface area contributed by atoms with Crippen LogP contribution in [0, 0.1) is 0 Å². The Hall–Kier alpha value is -1.02. The Kier molecular flexibility index (Phi) is 4.74. The SMILES string of the molecule is NC(=S)c1ccc(C(F)(F)F)nc1N1CCCSCC1. The number of thiocarbonyl (C=S) groups is 1. The molecule has 0 bridgehead atoms. The topological polar surface area (TPSA) is 42.1 Å². The van der Waals surface area contributed by atoms with Crippen LogP contribution in [0.2, 0.25) is 0 Å². The van der Waals surface area contributed by atoms with Crippen molar-refractivity contribution in [3.05, 3.63) is 23.4 Å². The number of halogens is 3. The van der Waals surface area contributed by atoms with Gasteiger partial charge in [0.25, 0.3) is 0 Å². The van der Waals surface area contributed by atoms with Gasteiger partial charge in [0.15, 0.2) is 0 Å². The van der Waals surface area contributed by atoms with E-state index in [1.807, 2.05) is 4.90 Å². The summed E-state index contributed by atoms with van der Waals surface area (Å²) in [6.07, 6.45) is -3.57. The molecule has 0 unspecified atom stereocenters. The molecule has 0 atom stereocenters. The van der Waals surface area contributed by atoms with E-state index >= 15 is 0 Å². The van der Waals surface area contributed by atoms with Crippen molar-refractivity contribution in [3.8, 4) is 0 Å². The van der Waals surface area contributed by atoms with Gasteiger partial charge in [0, 0.05) is 18.8 Å². The van der Waals surface area contributed by atoms with Crippen LogP contribution < -0.4 is 10.6 Å². The highest BCUT2D eigenvalue weighted by atomic mass is 32.2. The highest BCUT2D eigenvalue weighted by Gasteiger charge is 2.34. The lowest BCUT2D eigenvalue weighted by atomic mass is 10.2. The molecule has 0 saturated carbocycles. The van der Waals surface area contributed by atoms with Crippen molar-refractivity contribution in [2.24, 2.45) is 5.73 Å². The minimum atomic E-state index is -4.47. The summed E-state index contributed by atoms with van der Waals surface area (Å²) in [5.74, 6) is 2.10. The van der Waals surface area contributed by atoms with Gasteiger partial charge in [0.05, 0.1) is 5.56 Å². The lowest BCUT2D eigenvalue weighted by molar-refractivity contribution is -0.141. The van der Waals surface area contributed by atoms with Gasteiger partial charge in [-0.1, -0.05) is 12.2 Å². The lowest BCUT2D eigenvalue weighted by Gasteiger charge is -2.24. The highest BCUT2D eigenvalue weighted by molar-refractivity contribution is 7.99. The number of pyridine rings is 1. The van der Waals surface area contributed by atoms with Crippen molar-refractivity contribution in [1.82, 2.24) is 4.98 Å². The van der Waals surface area contributed by atoms with Crippen LogP contribution in [0.1, 0.15) is 17.7 Å². The summed E-state index contributed by atoms with van der Waals surface area (Å²) in [5.41, 5.74) is 5.09. The number of thioether (sulfide) groups is 1. The fourth-order valence-corrected chi connectivity index (χ4v) is 3.04. The third kappa shape index (κ3) is 3.54. The summed E-state index contributed by atoms with van der Waals surface area (Å²) in [6.45, 7) is 1.31. The molecule has 2 heterocycles. The van der Waals surface area contributed by atoms with Crippen molar-refractivity contribution >= 4 is 34.8 Å². The fourth-order valence-electron chi connectivity index (χ4n) is 2.00. The Morgan fingerprint density at radius 1 is 1.30 bits per heavy atom. The fraction of sp³-hybridized carbons (Fsp3) is 0.500. The first-order valence-corrected chi connectivity index (χ1v) is 7.66. The Bertz CT molecular complexity index is 497. The maximum atomic E-state index is 12.8. The van der Waals surface area contributed by atoms with Gasteiger partial charge in [-0.25, -0.2) is 4.98 Å². The van der Waals surface area contributed by atoms with Crippen LogP contribution >= 0.6 is 24.0 Å². The molecule has 0 aliphatic carbocycles. The number of hydrogen-bond acceptors (Lipinski definition) is 4. The lowest BCUT2D eigenvalue weighted by Crippen LogP contribution is -2.30. The van der Waals surface area contributed by atoms with Crippen molar-refractivity contribution in [2.45, 2.75) is 12.6 Å². The smallest absolute Gasteiger partial charge is 0.389 e. The molecule has 1 aliphatic rings. The maximum absolute atomic E-state index is 12.8. The minimum Gasteiger partial charge on any atom is -0.389 e. The molecule has 0 aromatic carbocycles.